The fourth-order valence-electron chi connectivity index (χ4n) is 3.89. The van der Waals surface area contributed by atoms with Gasteiger partial charge in [0.2, 0.25) is 5.91 Å². The molecule has 1 N–H and O–H groups in total. The first kappa shape index (κ1) is 15.1. The average molecular weight is 320 g/mol. The Hall–Kier alpha value is -1.49. The lowest BCUT2D eigenvalue weighted by Crippen LogP contribution is -2.61. The molecule has 23 heavy (non-hydrogen) atoms. The van der Waals surface area contributed by atoms with Gasteiger partial charge in [0.25, 0.3) is 5.92 Å². The first-order chi connectivity index (χ1) is 10.9. The fraction of sp³-hybridized carbons (Fsp3) is 0.611. The molecule has 1 aromatic carbocycles. The number of halogens is 2. The van der Waals surface area contributed by atoms with Crippen molar-refractivity contribution in [3.05, 3.63) is 35.9 Å². The molecule has 0 radical (unpaired) electrons. The Kier molecular flexibility index (Phi) is 3.28. The molecule has 3 nitrogen and oxygen atoms in total. The molecule has 0 unspecified atom stereocenters. The van der Waals surface area contributed by atoms with Crippen molar-refractivity contribution >= 4 is 5.91 Å². The largest absolute Gasteiger partial charge is 0.349 e. The van der Waals surface area contributed by atoms with Gasteiger partial charge in [-0.3, -0.25) is 4.79 Å². The minimum Gasteiger partial charge on any atom is -0.349 e. The third-order valence-electron chi connectivity index (χ3n) is 5.59. The van der Waals surface area contributed by atoms with E-state index in [1.165, 1.54) is 6.42 Å². The monoisotopic (exact) mass is 320 g/mol. The van der Waals surface area contributed by atoms with Crippen LogP contribution >= 0.6 is 0 Å². The second-order valence-electron chi connectivity index (χ2n) is 7.52. The summed E-state index contributed by atoms with van der Waals surface area (Å²) in [4.78, 5) is 15.2. The first-order valence-electron chi connectivity index (χ1n) is 8.42. The molecule has 124 valence electrons. The Bertz CT molecular complexity index is 601. The predicted octanol–water partition coefficient (Wildman–Crippen LogP) is 2.71. The van der Waals surface area contributed by atoms with Gasteiger partial charge in [-0.15, -0.1) is 0 Å². The SMILES string of the molecule is O=C(NC1(CN2CCC2)CC1)C1(c2ccccc2)CC(F)(F)C1. The number of carbonyl (C=O) groups is 1. The van der Waals surface area contributed by atoms with Gasteiger partial charge in [0, 0.05) is 19.4 Å². The number of hydrogen-bond donors (Lipinski definition) is 1. The first-order valence-corrected chi connectivity index (χ1v) is 8.42. The van der Waals surface area contributed by atoms with E-state index in [9.17, 15) is 13.6 Å². The zero-order valence-electron chi connectivity index (χ0n) is 13.2. The van der Waals surface area contributed by atoms with Crippen LogP contribution in [0.5, 0.6) is 0 Å². The molecule has 4 rings (SSSR count). The number of benzene rings is 1. The molecule has 1 aromatic rings. The molecule has 1 heterocycles. The van der Waals surface area contributed by atoms with Crippen LogP contribution in [0.25, 0.3) is 0 Å². The summed E-state index contributed by atoms with van der Waals surface area (Å²) < 4.78 is 27.2. The Morgan fingerprint density at radius 1 is 1.13 bits per heavy atom. The molecule has 5 heteroatoms. The maximum absolute atomic E-state index is 13.6. The zero-order chi connectivity index (χ0) is 16.1. The highest BCUT2D eigenvalue weighted by molar-refractivity contribution is 5.90. The minimum absolute atomic E-state index is 0.176. The highest BCUT2D eigenvalue weighted by Crippen LogP contribution is 2.54. The van der Waals surface area contributed by atoms with E-state index in [-0.39, 0.29) is 24.3 Å². The third kappa shape index (κ3) is 2.65. The molecule has 3 aliphatic rings. The van der Waals surface area contributed by atoms with Crippen molar-refractivity contribution in [1.82, 2.24) is 10.2 Å². The average Bonchev–Trinajstić information content (AvgIpc) is 3.21. The normalized spacial score (nSPS) is 26.7. The van der Waals surface area contributed by atoms with Crippen molar-refractivity contribution in [1.29, 1.82) is 0 Å². The fourth-order valence-corrected chi connectivity index (χ4v) is 3.89. The van der Waals surface area contributed by atoms with E-state index in [1.807, 2.05) is 18.2 Å². The molecule has 3 fully saturated rings. The van der Waals surface area contributed by atoms with E-state index in [1.54, 1.807) is 12.1 Å². The van der Waals surface area contributed by atoms with Gasteiger partial charge in [-0.1, -0.05) is 30.3 Å². The predicted molar refractivity (Wildman–Crippen MR) is 83.5 cm³/mol. The third-order valence-corrected chi connectivity index (χ3v) is 5.59. The van der Waals surface area contributed by atoms with Crippen molar-refractivity contribution in [3.8, 4) is 0 Å². The molecule has 0 bridgehead atoms. The van der Waals surface area contributed by atoms with Crippen LogP contribution in [0.15, 0.2) is 30.3 Å². The van der Waals surface area contributed by atoms with Gasteiger partial charge in [-0.25, -0.2) is 8.78 Å². The zero-order valence-corrected chi connectivity index (χ0v) is 13.2. The van der Waals surface area contributed by atoms with Gasteiger partial charge in [0.15, 0.2) is 0 Å². The van der Waals surface area contributed by atoms with Crippen LogP contribution in [0.2, 0.25) is 0 Å². The number of nitrogens with one attached hydrogen (secondary N) is 1. The van der Waals surface area contributed by atoms with Crippen LogP contribution in [0, 0.1) is 0 Å². The number of carbonyl (C=O) groups excluding carboxylic acids is 1. The molecule has 2 saturated carbocycles. The highest BCUT2D eigenvalue weighted by atomic mass is 19.3. The van der Waals surface area contributed by atoms with Crippen LogP contribution in [0.1, 0.15) is 37.7 Å². The standard InChI is InChI=1S/C18H22F2N2O/c19-18(20)11-17(12-18,14-5-2-1-3-6-14)15(23)21-16(7-8-16)13-22-9-4-10-22/h1-3,5-6H,4,7-13H2,(H,21,23). The minimum atomic E-state index is -2.73. The van der Waals surface area contributed by atoms with Gasteiger partial charge in [-0.2, -0.15) is 0 Å². The summed E-state index contributed by atoms with van der Waals surface area (Å²) in [5, 5.41) is 3.13. The maximum Gasteiger partial charge on any atom is 0.250 e. The van der Waals surface area contributed by atoms with Crippen molar-refractivity contribution in [2.24, 2.45) is 0 Å². The topological polar surface area (TPSA) is 32.3 Å². The summed E-state index contributed by atoms with van der Waals surface area (Å²) in [5.74, 6) is -2.95. The molecule has 0 aromatic heterocycles. The second kappa shape index (κ2) is 5.00. The lowest BCUT2D eigenvalue weighted by Gasteiger charge is -2.47. The summed E-state index contributed by atoms with van der Waals surface area (Å²) in [6.07, 6.45) is 2.36. The Morgan fingerprint density at radius 2 is 1.78 bits per heavy atom. The molecule has 1 aliphatic heterocycles. The number of amides is 1. The summed E-state index contributed by atoms with van der Waals surface area (Å²) in [6, 6.07) is 9.06. The van der Waals surface area contributed by atoms with Crippen LogP contribution in [-0.4, -0.2) is 41.9 Å². The molecule has 2 aliphatic carbocycles. The van der Waals surface area contributed by atoms with Crippen molar-refractivity contribution < 1.29 is 13.6 Å². The molecule has 1 saturated heterocycles. The van der Waals surface area contributed by atoms with Crippen molar-refractivity contribution in [2.45, 2.75) is 49.0 Å². The lowest BCUT2D eigenvalue weighted by atomic mass is 9.61. The van der Waals surface area contributed by atoms with Crippen molar-refractivity contribution in [3.63, 3.8) is 0 Å². The molecule has 1 amide bonds. The molecule has 0 atom stereocenters. The number of hydrogen-bond acceptors (Lipinski definition) is 2. The Morgan fingerprint density at radius 3 is 2.26 bits per heavy atom. The van der Waals surface area contributed by atoms with Crippen LogP contribution in [-0.2, 0) is 10.2 Å². The van der Waals surface area contributed by atoms with Crippen LogP contribution in [0.3, 0.4) is 0 Å². The number of nitrogens with zero attached hydrogens (tertiary/aromatic N) is 1. The Balaban J connectivity index is 1.52. The number of alkyl halides is 2. The summed E-state index contributed by atoms with van der Waals surface area (Å²) in [7, 11) is 0. The summed E-state index contributed by atoms with van der Waals surface area (Å²) in [6.45, 7) is 3.03. The van der Waals surface area contributed by atoms with E-state index in [0.29, 0.717) is 5.56 Å². The number of rotatable bonds is 5. The van der Waals surface area contributed by atoms with E-state index >= 15 is 0 Å². The highest BCUT2D eigenvalue weighted by Gasteiger charge is 2.63. The van der Waals surface area contributed by atoms with Crippen LogP contribution < -0.4 is 5.32 Å². The molecular formula is C18H22F2N2O. The maximum atomic E-state index is 13.6. The van der Waals surface area contributed by atoms with Gasteiger partial charge in [0.1, 0.15) is 0 Å². The summed E-state index contributed by atoms with van der Waals surface area (Å²) in [5.41, 5.74) is -0.525. The van der Waals surface area contributed by atoms with Gasteiger partial charge >= 0.3 is 0 Å². The van der Waals surface area contributed by atoms with Gasteiger partial charge in [0.05, 0.1) is 11.0 Å². The summed E-state index contributed by atoms with van der Waals surface area (Å²) >= 11 is 0. The van der Waals surface area contributed by atoms with E-state index in [2.05, 4.69) is 10.2 Å². The molecule has 0 spiro atoms. The van der Waals surface area contributed by atoms with Crippen LogP contribution in [0.4, 0.5) is 8.78 Å². The lowest BCUT2D eigenvalue weighted by molar-refractivity contribution is -0.160. The van der Waals surface area contributed by atoms with Crippen molar-refractivity contribution in [2.75, 3.05) is 19.6 Å². The van der Waals surface area contributed by atoms with Gasteiger partial charge < -0.3 is 10.2 Å². The second-order valence-corrected chi connectivity index (χ2v) is 7.52. The van der Waals surface area contributed by atoms with Gasteiger partial charge in [-0.05, 0) is 37.9 Å². The quantitative estimate of drug-likeness (QED) is 0.905. The number of likely N-dealkylation sites (tertiary alicyclic amines) is 1. The van der Waals surface area contributed by atoms with E-state index in [4.69, 9.17) is 0 Å². The van der Waals surface area contributed by atoms with E-state index in [0.717, 1.165) is 32.5 Å². The smallest absolute Gasteiger partial charge is 0.250 e. The molecular weight excluding hydrogens is 298 g/mol. The van der Waals surface area contributed by atoms with E-state index < -0.39 is 11.3 Å². The Labute approximate surface area is 135 Å².